The van der Waals surface area contributed by atoms with E-state index in [-0.39, 0.29) is 25.9 Å². The second-order valence-electron chi connectivity index (χ2n) is 15.6. The van der Waals surface area contributed by atoms with Crippen LogP contribution in [-0.4, -0.2) is 195 Å². The number of carbonyl (C=O) groups excluding carboxylic acids is 6. The maximum atomic E-state index is 13.5. The number of carboxylic acids is 3. The average molecular weight is 922 g/mol. The van der Waals surface area contributed by atoms with Gasteiger partial charge in [-0.05, 0) is 46.5 Å². The Morgan fingerprint density at radius 3 is 1.91 bits per heavy atom. The first-order chi connectivity index (χ1) is 29.9. The first kappa shape index (κ1) is 53.2. The van der Waals surface area contributed by atoms with Crippen molar-refractivity contribution in [1.29, 1.82) is 0 Å². The van der Waals surface area contributed by atoms with Gasteiger partial charge in [-0.2, -0.15) is 0 Å². The lowest BCUT2D eigenvalue weighted by atomic mass is 9.95. The minimum absolute atomic E-state index is 0.0293. The summed E-state index contributed by atoms with van der Waals surface area (Å²) >= 11 is 0. The van der Waals surface area contributed by atoms with Gasteiger partial charge in [0, 0.05) is 20.3 Å². The molecule has 3 rings (SSSR count). The first-order valence-electron chi connectivity index (χ1n) is 20.3. The third-order valence-electron chi connectivity index (χ3n) is 10.4. The molecule has 14 N–H and O–H groups in total. The lowest BCUT2D eigenvalue weighted by Gasteiger charge is -2.47. The van der Waals surface area contributed by atoms with Gasteiger partial charge in [-0.25, -0.2) is 4.79 Å². The quantitative estimate of drug-likeness (QED) is 0.0428. The molecule has 0 aromatic carbocycles. The van der Waals surface area contributed by atoms with E-state index >= 15 is 0 Å². The standard InChI is InChI=1S/C37H59N7O20/c1-13(30(51)44-20(35(58)59)9-10-23(48)43-19(8-6-7-18(38)34(56)57)32(53)40-14(2)33(54)55)39-31(52)15(3)61-29-25(42-17(5)47)36-60-12-22(63-36)28(29)64-37-24(41-16(4)46)27(50)26(49)21(11-45)62-37/h13-15,18-22,24-29,36-37,45,49-50H,6-12,38H2,1-5H3,(H,39,52)(H,40,53)(H,41,46)(H,42,47)(H,43,48)(H,44,51)(H,54,55)(H,56,57)(H,58,59)/t13-,14+,15-,18+,19-,20+,21+,22+,24+,25+,26+,27+,28+,29+,36+,37-/m1/s1. The normalized spacial score (nSPS) is 29.0. The number of hydrogen-bond donors (Lipinski definition) is 13. The molecule has 0 aromatic heterocycles. The highest BCUT2D eigenvalue weighted by molar-refractivity contribution is 5.92. The van der Waals surface area contributed by atoms with Gasteiger partial charge in [0.1, 0.15) is 85.0 Å². The van der Waals surface area contributed by atoms with Crippen LogP contribution in [0.15, 0.2) is 0 Å². The van der Waals surface area contributed by atoms with Crippen molar-refractivity contribution in [2.45, 2.75) is 164 Å². The number of aliphatic carboxylic acids is 3. The summed E-state index contributed by atoms with van der Waals surface area (Å²) in [4.78, 5) is 111. The molecule has 0 saturated carbocycles. The Morgan fingerprint density at radius 2 is 1.33 bits per heavy atom. The fourth-order valence-corrected chi connectivity index (χ4v) is 6.93. The zero-order valence-corrected chi connectivity index (χ0v) is 35.7. The molecule has 3 heterocycles. The molecule has 27 nitrogen and oxygen atoms in total. The molecule has 27 heteroatoms. The molecule has 3 aliphatic heterocycles. The zero-order valence-electron chi connectivity index (χ0n) is 35.7. The van der Waals surface area contributed by atoms with Crippen molar-refractivity contribution < 1.29 is 97.5 Å². The molecule has 16 atom stereocenters. The van der Waals surface area contributed by atoms with Crippen molar-refractivity contribution in [2.75, 3.05) is 13.2 Å². The van der Waals surface area contributed by atoms with Crippen molar-refractivity contribution >= 4 is 53.4 Å². The Hall–Kier alpha value is -5.13. The number of aliphatic hydroxyl groups excluding tert-OH is 3. The van der Waals surface area contributed by atoms with Crippen LogP contribution in [-0.2, 0) is 66.8 Å². The van der Waals surface area contributed by atoms with Crippen LogP contribution >= 0.6 is 0 Å². The second kappa shape index (κ2) is 24.2. The van der Waals surface area contributed by atoms with Crippen LogP contribution in [0.3, 0.4) is 0 Å². The highest BCUT2D eigenvalue weighted by Crippen LogP contribution is 2.35. The number of carboxylic acid groups (broad SMARTS) is 3. The van der Waals surface area contributed by atoms with Crippen LogP contribution in [0.1, 0.15) is 66.7 Å². The van der Waals surface area contributed by atoms with E-state index in [1.807, 2.05) is 0 Å². The van der Waals surface area contributed by atoms with Gasteiger partial charge in [0.2, 0.25) is 35.4 Å². The first-order valence-corrected chi connectivity index (χ1v) is 20.3. The van der Waals surface area contributed by atoms with Crippen LogP contribution in [0.5, 0.6) is 0 Å². The number of nitrogens with two attached hydrogens (primary N) is 1. The number of amides is 6. The van der Waals surface area contributed by atoms with Gasteiger partial charge >= 0.3 is 17.9 Å². The third kappa shape index (κ3) is 15.0. The van der Waals surface area contributed by atoms with Crippen LogP contribution in [0, 0.1) is 0 Å². The summed E-state index contributed by atoms with van der Waals surface area (Å²) in [6.07, 6.45) is -13.6. The molecule has 0 aliphatic carbocycles. The van der Waals surface area contributed by atoms with Crippen molar-refractivity contribution in [2.24, 2.45) is 5.73 Å². The van der Waals surface area contributed by atoms with Gasteiger partial charge in [-0.3, -0.25) is 38.4 Å². The Labute approximate surface area is 365 Å². The lowest BCUT2D eigenvalue weighted by molar-refractivity contribution is -0.313. The summed E-state index contributed by atoms with van der Waals surface area (Å²) in [6, 6.07) is -9.62. The maximum Gasteiger partial charge on any atom is 0.326 e. The lowest BCUT2D eigenvalue weighted by Crippen LogP contribution is -2.68. The molecule has 3 fully saturated rings. The molecule has 3 aliphatic rings. The van der Waals surface area contributed by atoms with Crippen LogP contribution in [0.25, 0.3) is 0 Å². The van der Waals surface area contributed by atoms with E-state index in [4.69, 9.17) is 39.6 Å². The van der Waals surface area contributed by atoms with Crippen LogP contribution in [0.2, 0.25) is 0 Å². The van der Waals surface area contributed by atoms with E-state index in [9.17, 15) is 63.6 Å². The third-order valence-corrected chi connectivity index (χ3v) is 10.4. The molecule has 0 unspecified atom stereocenters. The number of ether oxygens (including phenoxy) is 5. The van der Waals surface area contributed by atoms with Crippen molar-refractivity contribution in [1.82, 2.24) is 31.9 Å². The predicted octanol–water partition coefficient (Wildman–Crippen LogP) is -6.14. The number of nitrogens with one attached hydrogen (secondary N) is 6. The predicted molar refractivity (Wildman–Crippen MR) is 210 cm³/mol. The summed E-state index contributed by atoms with van der Waals surface area (Å²) in [5.74, 6) is -9.14. The van der Waals surface area contributed by atoms with E-state index in [2.05, 4.69) is 31.9 Å². The Balaban J connectivity index is 1.69. The summed E-state index contributed by atoms with van der Waals surface area (Å²) in [6.45, 7) is 5.13. The summed E-state index contributed by atoms with van der Waals surface area (Å²) < 4.78 is 29.6. The minimum atomic E-state index is -1.69. The SMILES string of the molecule is CC(=O)N[C@@H]1[C@@H](O[C@@H]2[C@@H](O[C@H](C)C(=O)N[C@H](C)C(=O)N[C@@H](CCC(=O)N[C@H](CCC[C@H](N)C(=O)O)C(=O)N[C@@H](C)C(=O)O)C(=O)O)[C@H](NC(C)=O)[C@H]3OC[C@@H]2O3)O[C@@H](CO)[C@H](O)[C@H]1O. The van der Waals surface area contributed by atoms with Gasteiger partial charge in [0.05, 0.1) is 13.2 Å². The summed E-state index contributed by atoms with van der Waals surface area (Å²) in [5.41, 5.74) is 5.50. The second-order valence-corrected chi connectivity index (χ2v) is 15.6. The van der Waals surface area contributed by atoms with Gasteiger partial charge in [-0.1, -0.05) is 0 Å². The average Bonchev–Trinajstić information content (AvgIpc) is 3.66. The molecular weight excluding hydrogens is 862 g/mol. The molecule has 2 bridgehead atoms. The smallest absolute Gasteiger partial charge is 0.326 e. The minimum Gasteiger partial charge on any atom is -0.480 e. The number of rotatable bonds is 24. The zero-order chi connectivity index (χ0) is 48.2. The van der Waals surface area contributed by atoms with E-state index < -0.39 is 170 Å². The summed E-state index contributed by atoms with van der Waals surface area (Å²) in [7, 11) is 0. The van der Waals surface area contributed by atoms with Crippen molar-refractivity contribution in [3.63, 3.8) is 0 Å². The Bertz CT molecular complexity index is 1710. The number of carbonyl (C=O) groups is 9. The van der Waals surface area contributed by atoms with Crippen molar-refractivity contribution in [3.8, 4) is 0 Å². The topological polar surface area (TPSA) is 419 Å². The van der Waals surface area contributed by atoms with Crippen LogP contribution in [0.4, 0.5) is 0 Å². The Morgan fingerprint density at radius 1 is 0.703 bits per heavy atom. The van der Waals surface area contributed by atoms with Crippen molar-refractivity contribution in [3.05, 3.63) is 0 Å². The monoisotopic (exact) mass is 921 g/mol. The highest BCUT2D eigenvalue weighted by atomic mass is 16.8. The molecule has 0 radical (unpaired) electrons. The van der Waals surface area contributed by atoms with E-state index in [1.54, 1.807) is 0 Å². The largest absolute Gasteiger partial charge is 0.480 e. The fraction of sp³-hybridized carbons (Fsp3) is 0.757. The molecule has 0 spiro atoms. The summed E-state index contributed by atoms with van der Waals surface area (Å²) in [5, 5.41) is 73.3. The van der Waals surface area contributed by atoms with Gasteiger partial charge in [0.25, 0.3) is 0 Å². The molecule has 64 heavy (non-hydrogen) atoms. The van der Waals surface area contributed by atoms with E-state index in [1.165, 1.54) is 27.7 Å². The number of aliphatic hydroxyl groups is 3. The van der Waals surface area contributed by atoms with Gasteiger partial charge < -0.3 is 92.0 Å². The maximum absolute atomic E-state index is 13.5. The number of hydrogen-bond acceptors (Lipinski definition) is 18. The Kier molecular flexibility index (Phi) is 20.2. The molecule has 3 saturated heterocycles. The van der Waals surface area contributed by atoms with E-state index in [0.717, 1.165) is 6.92 Å². The van der Waals surface area contributed by atoms with E-state index in [0.29, 0.717) is 0 Å². The molecular formula is C37H59N7O20. The number of fused-ring (bicyclic) bond motifs is 2. The van der Waals surface area contributed by atoms with Gasteiger partial charge in [0.15, 0.2) is 12.6 Å². The van der Waals surface area contributed by atoms with Gasteiger partial charge in [-0.15, -0.1) is 0 Å². The molecule has 0 aromatic rings. The van der Waals surface area contributed by atoms with Crippen LogP contribution < -0.4 is 37.6 Å². The fourth-order valence-electron chi connectivity index (χ4n) is 6.93. The highest BCUT2D eigenvalue weighted by Gasteiger charge is 2.56. The molecule has 362 valence electrons. The molecule has 6 amide bonds.